The van der Waals surface area contributed by atoms with Crippen molar-refractivity contribution in [2.45, 2.75) is 124 Å². The number of carboxylic acids is 1. The van der Waals surface area contributed by atoms with E-state index in [4.69, 9.17) is 25.3 Å². The Kier molecular flexibility index (Phi) is 14.6. The first kappa shape index (κ1) is 52.1. The van der Waals surface area contributed by atoms with Gasteiger partial charge in [-0.05, 0) is 140 Å². The molecular weight excluding hydrogens is 965 g/mol. The van der Waals surface area contributed by atoms with Crippen LogP contribution in [0.2, 0.25) is 0 Å². The van der Waals surface area contributed by atoms with E-state index in [-0.39, 0.29) is 52.1 Å². The topological polar surface area (TPSA) is 211 Å². The van der Waals surface area contributed by atoms with Gasteiger partial charge in [0.25, 0.3) is 5.91 Å². The Morgan fingerprint density at radius 1 is 0.880 bits per heavy atom. The van der Waals surface area contributed by atoms with E-state index >= 15 is 0 Å². The molecule has 11 rings (SSSR count). The van der Waals surface area contributed by atoms with Crippen LogP contribution in [0.1, 0.15) is 116 Å². The molecule has 4 bridgehead atoms. The number of carbonyl (C=O) groups is 3. The van der Waals surface area contributed by atoms with Crippen molar-refractivity contribution in [3.05, 3.63) is 119 Å². The fourth-order valence-electron chi connectivity index (χ4n) is 13.7. The third kappa shape index (κ3) is 11.4. The van der Waals surface area contributed by atoms with Crippen LogP contribution in [0, 0.1) is 29.1 Å². The second-order valence-corrected chi connectivity index (χ2v) is 24.3. The Balaban J connectivity index is 0.753. The Bertz CT molecular complexity index is 3030. The number of nitrogens with one attached hydrogen (secondary N) is 4. The number of nitrogens with two attached hydrogens (primary N) is 1. The minimum Gasteiger partial charge on any atom is -0.476 e. The highest BCUT2D eigenvalue weighted by molar-refractivity contribution is 7.22. The van der Waals surface area contributed by atoms with Crippen molar-refractivity contribution in [1.29, 1.82) is 0 Å². The molecule has 0 spiro atoms. The van der Waals surface area contributed by atoms with Gasteiger partial charge in [0.2, 0.25) is 0 Å². The van der Waals surface area contributed by atoms with Gasteiger partial charge in [-0.2, -0.15) is 5.10 Å². The van der Waals surface area contributed by atoms with Crippen LogP contribution in [-0.2, 0) is 35.6 Å². The first-order chi connectivity index (χ1) is 35.9. The number of fused-ring (bicyclic) bond motifs is 2. The lowest BCUT2D eigenvalue weighted by Crippen LogP contribution is -2.64. The third-order valence-corrected chi connectivity index (χ3v) is 17.2. The van der Waals surface area contributed by atoms with Crippen LogP contribution in [0.5, 0.6) is 0 Å². The number of carboxylic acid groups (broad SMARTS) is 1. The summed E-state index contributed by atoms with van der Waals surface area (Å²) in [6.07, 6.45) is 8.07. The van der Waals surface area contributed by atoms with Gasteiger partial charge in [0.1, 0.15) is 12.4 Å². The first-order valence-electron chi connectivity index (χ1n) is 26.5. The van der Waals surface area contributed by atoms with Gasteiger partial charge in [-0.3, -0.25) is 14.8 Å². The molecule has 4 aliphatic carbocycles. The summed E-state index contributed by atoms with van der Waals surface area (Å²) >= 11 is 1.43. The van der Waals surface area contributed by atoms with Gasteiger partial charge in [-0.25, -0.2) is 19.6 Å². The summed E-state index contributed by atoms with van der Waals surface area (Å²) in [5, 5.41) is 29.0. The molecule has 5 aliphatic rings. The third-order valence-electron chi connectivity index (χ3n) is 16.2. The van der Waals surface area contributed by atoms with Gasteiger partial charge in [0, 0.05) is 79.4 Å². The maximum Gasteiger partial charge on any atom is 0.407 e. The average Bonchev–Trinajstić information content (AvgIpc) is 3.95. The lowest BCUT2D eigenvalue weighted by molar-refractivity contribution is -0.247. The molecule has 396 valence electrons. The number of aromatic carboxylic acids is 1. The summed E-state index contributed by atoms with van der Waals surface area (Å²) in [6, 6.07) is 25.6. The minimum absolute atomic E-state index is 0.0396. The molecule has 4 fully saturated rings. The standard InChI is InChI=1S/C58H72N10O6S/c1-36(2)46(59)26-61-37(3)24-62-41-16-14-39(15-17-41)28-73-54(72)60-21-23-74-58-32-55(5)29-56(6,33-58)31-57(30-55,34-58)35-68-38(4)44(25-63-68)42-18-19-49(65-50(42)52(70)71)67-22-20-40-10-9-11-43(45(40)27-67)51(69)66-53-64-47-12-7-8-13-48(47)75-53/h7-19,25,36-37,46,61-62H,20-24,26-35,59H2,1-6H3,(H,60,72)(H,70,71)(H,64,66,69)/t37-,46+,55?,56?,57?,58?/m0/s1. The number of carbonyl (C=O) groups excluding carboxylic acids is 2. The van der Waals surface area contributed by atoms with E-state index in [0.717, 1.165) is 95.5 Å². The van der Waals surface area contributed by atoms with Crippen LogP contribution >= 0.6 is 11.3 Å². The highest BCUT2D eigenvalue weighted by Gasteiger charge is 2.66. The zero-order valence-corrected chi connectivity index (χ0v) is 44.9. The van der Waals surface area contributed by atoms with E-state index in [2.05, 4.69) is 65.6 Å². The lowest BCUT2D eigenvalue weighted by Gasteiger charge is -2.69. The maximum absolute atomic E-state index is 13.7. The number of alkyl carbamates (subject to hydrolysis) is 1. The van der Waals surface area contributed by atoms with Crippen LogP contribution in [-0.4, -0.2) is 93.3 Å². The first-order valence-corrected chi connectivity index (χ1v) is 27.4. The monoisotopic (exact) mass is 1040 g/mol. The van der Waals surface area contributed by atoms with Crippen LogP contribution in [0.15, 0.2) is 85.1 Å². The molecule has 3 aromatic heterocycles. The molecule has 4 heterocycles. The molecule has 2 unspecified atom stereocenters. The predicted molar refractivity (Wildman–Crippen MR) is 294 cm³/mol. The van der Waals surface area contributed by atoms with Crippen LogP contribution < -0.4 is 31.9 Å². The molecule has 4 atom stereocenters. The van der Waals surface area contributed by atoms with E-state index < -0.39 is 12.1 Å². The summed E-state index contributed by atoms with van der Waals surface area (Å²) in [4.78, 5) is 51.0. The Morgan fingerprint density at radius 2 is 1.65 bits per heavy atom. The van der Waals surface area contributed by atoms with Gasteiger partial charge in [-0.15, -0.1) is 0 Å². The van der Waals surface area contributed by atoms with Crippen molar-refractivity contribution < 1.29 is 29.0 Å². The molecular formula is C58H72N10O6S. The second kappa shape index (κ2) is 21.0. The number of amides is 2. The van der Waals surface area contributed by atoms with Crippen molar-refractivity contribution in [3.63, 3.8) is 0 Å². The second-order valence-electron chi connectivity index (χ2n) is 23.2. The number of anilines is 3. The van der Waals surface area contributed by atoms with Crippen molar-refractivity contribution in [2.24, 2.45) is 27.9 Å². The molecule has 75 heavy (non-hydrogen) atoms. The quantitative estimate of drug-likeness (QED) is 0.0394. The number of hydrogen-bond acceptors (Lipinski definition) is 13. The summed E-state index contributed by atoms with van der Waals surface area (Å²) in [7, 11) is 0. The van der Waals surface area contributed by atoms with E-state index in [9.17, 15) is 19.5 Å². The van der Waals surface area contributed by atoms with Gasteiger partial charge in [-0.1, -0.05) is 75.4 Å². The molecule has 16 nitrogen and oxygen atoms in total. The summed E-state index contributed by atoms with van der Waals surface area (Å²) < 4.78 is 15.5. The number of para-hydroxylation sites is 1. The van der Waals surface area contributed by atoms with Crippen molar-refractivity contribution in [1.82, 2.24) is 30.4 Å². The minimum atomic E-state index is -1.12. The van der Waals surface area contributed by atoms with Gasteiger partial charge in [0.15, 0.2) is 10.8 Å². The zero-order valence-electron chi connectivity index (χ0n) is 44.1. The van der Waals surface area contributed by atoms with Crippen molar-refractivity contribution in [2.75, 3.05) is 48.3 Å². The molecule has 2 amide bonds. The number of aromatic nitrogens is 4. The molecule has 7 N–H and O–H groups in total. The van der Waals surface area contributed by atoms with Gasteiger partial charge in [0.05, 0.1) is 28.6 Å². The van der Waals surface area contributed by atoms with E-state index in [0.29, 0.717) is 67.2 Å². The summed E-state index contributed by atoms with van der Waals surface area (Å²) in [5.41, 5.74) is 13.3. The molecule has 0 radical (unpaired) electrons. The molecule has 3 aromatic carbocycles. The van der Waals surface area contributed by atoms with Crippen LogP contribution in [0.25, 0.3) is 21.3 Å². The number of benzene rings is 3. The normalized spacial score (nSPS) is 23.5. The van der Waals surface area contributed by atoms with Crippen molar-refractivity contribution >= 4 is 56.2 Å². The molecule has 6 aromatic rings. The number of rotatable bonds is 20. The number of thiazole rings is 1. The lowest BCUT2D eigenvalue weighted by atomic mass is 9.39. The number of ether oxygens (including phenoxy) is 2. The zero-order chi connectivity index (χ0) is 52.7. The fraction of sp³-hybridized carbons (Fsp3) is 0.483. The Labute approximate surface area is 443 Å². The fourth-order valence-corrected chi connectivity index (χ4v) is 14.5. The Morgan fingerprint density at radius 3 is 2.40 bits per heavy atom. The number of nitrogens with zero attached hydrogens (tertiary/aromatic N) is 5. The van der Waals surface area contributed by atoms with Gasteiger partial charge >= 0.3 is 12.1 Å². The molecule has 17 heteroatoms. The summed E-state index contributed by atoms with van der Waals surface area (Å²) in [5.74, 6) is -0.387. The Hall–Kier alpha value is -6.40. The smallest absolute Gasteiger partial charge is 0.407 e. The number of pyridine rings is 1. The van der Waals surface area contributed by atoms with Crippen LogP contribution in [0.4, 0.5) is 21.4 Å². The molecule has 0 saturated heterocycles. The van der Waals surface area contributed by atoms with Crippen LogP contribution in [0.3, 0.4) is 0 Å². The van der Waals surface area contributed by atoms with E-state index in [1.54, 1.807) is 6.20 Å². The number of hydrogen-bond donors (Lipinski definition) is 6. The summed E-state index contributed by atoms with van der Waals surface area (Å²) in [6.45, 7) is 17.4. The largest absolute Gasteiger partial charge is 0.476 e. The van der Waals surface area contributed by atoms with E-state index in [1.165, 1.54) is 11.3 Å². The molecule has 1 aliphatic heterocycles. The maximum atomic E-state index is 13.7. The van der Waals surface area contributed by atoms with E-state index in [1.807, 2.05) is 90.7 Å². The van der Waals surface area contributed by atoms with Crippen molar-refractivity contribution in [3.8, 4) is 11.1 Å². The SMILES string of the molecule is Cc1c(-c2ccc(N3CCc4cccc(C(=O)Nc5nc6ccccc6s5)c4C3)nc2C(=O)O)cnn1CC12CC3(C)CC(C)(C1)CC(OCCNC(=O)OCc1ccc(NC[C@H](C)NC[C@@H](N)C(C)C)cc1)(C3)C2. The highest BCUT2D eigenvalue weighted by atomic mass is 32.1. The average molecular weight is 1040 g/mol. The van der Waals surface area contributed by atoms with Gasteiger partial charge < -0.3 is 41.2 Å². The molecule has 4 saturated carbocycles. The predicted octanol–water partition coefficient (Wildman–Crippen LogP) is 9.81. The highest BCUT2D eigenvalue weighted by Crippen LogP contribution is 2.72.